The van der Waals surface area contributed by atoms with E-state index in [9.17, 15) is 13.2 Å². The van der Waals surface area contributed by atoms with Gasteiger partial charge >= 0.3 is 6.30 Å². The van der Waals surface area contributed by atoms with Gasteiger partial charge in [0.2, 0.25) is 0 Å². The van der Waals surface area contributed by atoms with E-state index in [0.717, 1.165) is 0 Å². The maximum Gasteiger partial charge on any atom is 0.460 e. The van der Waals surface area contributed by atoms with Crippen LogP contribution in [0.4, 0.5) is 13.2 Å². The minimum atomic E-state index is -4.25. The lowest BCUT2D eigenvalue weighted by atomic mass is 10.3. The molecule has 0 aromatic carbocycles. The van der Waals surface area contributed by atoms with Crippen molar-refractivity contribution in [2.24, 2.45) is 5.73 Å². The second kappa shape index (κ2) is 3.59. The fourth-order valence-corrected chi connectivity index (χ4v) is 1.09. The predicted molar refractivity (Wildman–Crippen MR) is 36.4 cm³/mol. The van der Waals surface area contributed by atoms with Crippen LogP contribution < -0.4 is 5.73 Å². The molecule has 1 aliphatic rings. The molecule has 0 bridgehead atoms. The molecular formula is C6H11F3N2O. The molecule has 0 amide bonds. The van der Waals surface area contributed by atoms with Gasteiger partial charge in [0.15, 0.2) is 0 Å². The van der Waals surface area contributed by atoms with Crippen LogP contribution in [0.2, 0.25) is 0 Å². The van der Waals surface area contributed by atoms with E-state index >= 15 is 0 Å². The highest BCUT2D eigenvalue weighted by Gasteiger charge is 2.39. The first-order chi connectivity index (χ1) is 5.54. The highest BCUT2D eigenvalue weighted by atomic mass is 19.4. The highest BCUT2D eigenvalue weighted by molar-refractivity contribution is 4.73. The molecule has 0 saturated carbocycles. The van der Waals surface area contributed by atoms with E-state index in [1.807, 2.05) is 0 Å². The maximum absolute atomic E-state index is 12.1. The van der Waals surface area contributed by atoms with Crippen LogP contribution in [-0.4, -0.2) is 43.5 Å². The number of alkyl halides is 3. The Morgan fingerprint density at radius 3 is 2.67 bits per heavy atom. The SMILES string of the molecule is NCC1CN(C(F)(F)F)CCO1. The van der Waals surface area contributed by atoms with E-state index in [2.05, 4.69) is 0 Å². The Balaban J connectivity index is 2.46. The Labute approximate surface area is 68.3 Å². The lowest BCUT2D eigenvalue weighted by Gasteiger charge is -2.33. The van der Waals surface area contributed by atoms with Crippen LogP contribution in [0.1, 0.15) is 0 Å². The van der Waals surface area contributed by atoms with Gasteiger partial charge in [-0.05, 0) is 0 Å². The largest absolute Gasteiger partial charge is 0.460 e. The van der Waals surface area contributed by atoms with Gasteiger partial charge in [0.05, 0.1) is 12.7 Å². The third-order valence-electron chi connectivity index (χ3n) is 1.76. The Hall–Kier alpha value is -0.330. The standard InChI is InChI=1S/C6H11F3N2O/c7-6(8,9)11-1-2-12-5(3-10)4-11/h5H,1-4,10H2. The second-order valence-corrected chi connectivity index (χ2v) is 2.64. The van der Waals surface area contributed by atoms with Gasteiger partial charge in [-0.1, -0.05) is 0 Å². The first kappa shape index (κ1) is 9.76. The normalized spacial score (nSPS) is 27.5. The van der Waals surface area contributed by atoms with Gasteiger partial charge in [0, 0.05) is 19.6 Å². The lowest BCUT2D eigenvalue weighted by Crippen LogP contribution is -2.51. The van der Waals surface area contributed by atoms with Crippen LogP contribution in [0.3, 0.4) is 0 Å². The Morgan fingerprint density at radius 2 is 2.17 bits per heavy atom. The molecule has 0 aliphatic carbocycles. The number of hydrogen-bond donors (Lipinski definition) is 1. The van der Waals surface area contributed by atoms with Crippen molar-refractivity contribution in [3.63, 3.8) is 0 Å². The minimum absolute atomic E-state index is 0.0972. The number of nitrogens with two attached hydrogens (primary N) is 1. The molecule has 1 fully saturated rings. The molecule has 3 nitrogen and oxygen atoms in total. The first-order valence-electron chi connectivity index (χ1n) is 3.67. The molecule has 72 valence electrons. The highest BCUT2D eigenvalue weighted by Crippen LogP contribution is 2.23. The van der Waals surface area contributed by atoms with Gasteiger partial charge in [0.25, 0.3) is 0 Å². The molecule has 6 heteroatoms. The Morgan fingerprint density at radius 1 is 1.50 bits per heavy atom. The van der Waals surface area contributed by atoms with E-state index in [1.165, 1.54) is 0 Å². The summed E-state index contributed by atoms with van der Waals surface area (Å²) in [6.07, 6.45) is -4.74. The molecule has 0 spiro atoms. The zero-order valence-electron chi connectivity index (χ0n) is 6.47. The van der Waals surface area contributed by atoms with Crippen molar-refractivity contribution in [1.82, 2.24) is 4.90 Å². The fourth-order valence-electron chi connectivity index (χ4n) is 1.09. The number of hydrogen-bond acceptors (Lipinski definition) is 3. The molecule has 0 aromatic heterocycles. The third-order valence-corrected chi connectivity index (χ3v) is 1.76. The summed E-state index contributed by atoms with van der Waals surface area (Å²) in [5.41, 5.74) is 5.19. The second-order valence-electron chi connectivity index (χ2n) is 2.64. The number of nitrogens with zero attached hydrogens (tertiary/aromatic N) is 1. The van der Waals surface area contributed by atoms with E-state index in [0.29, 0.717) is 4.90 Å². The smallest absolute Gasteiger partial charge is 0.374 e. The van der Waals surface area contributed by atoms with Gasteiger partial charge in [-0.2, -0.15) is 13.2 Å². The van der Waals surface area contributed by atoms with Crippen molar-refractivity contribution in [2.75, 3.05) is 26.2 Å². The van der Waals surface area contributed by atoms with Crippen LogP contribution in [0, 0.1) is 0 Å². The van der Waals surface area contributed by atoms with Crippen LogP contribution >= 0.6 is 0 Å². The molecule has 1 aliphatic heterocycles. The topological polar surface area (TPSA) is 38.5 Å². The summed E-state index contributed by atoms with van der Waals surface area (Å²) in [6, 6.07) is 0. The van der Waals surface area contributed by atoms with Crippen molar-refractivity contribution in [3.05, 3.63) is 0 Å². The van der Waals surface area contributed by atoms with Gasteiger partial charge in [-0.25, -0.2) is 4.90 Å². The average Bonchev–Trinajstić information content (AvgIpc) is 2.03. The maximum atomic E-state index is 12.1. The van der Waals surface area contributed by atoms with Crippen molar-refractivity contribution in [3.8, 4) is 0 Å². The summed E-state index contributed by atoms with van der Waals surface area (Å²) in [6.45, 7) is -0.0199. The zero-order chi connectivity index (χ0) is 9.19. The zero-order valence-corrected chi connectivity index (χ0v) is 6.47. The minimum Gasteiger partial charge on any atom is -0.374 e. The monoisotopic (exact) mass is 184 g/mol. The predicted octanol–water partition coefficient (Wildman–Crippen LogP) is 0.166. The lowest BCUT2D eigenvalue weighted by molar-refractivity contribution is -0.266. The van der Waals surface area contributed by atoms with Gasteiger partial charge in [0.1, 0.15) is 0 Å². The van der Waals surface area contributed by atoms with E-state index < -0.39 is 12.4 Å². The third kappa shape index (κ3) is 2.33. The molecule has 1 atom stereocenters. The molecular weight excluding hydrogens is 173 g/mol. The fraction of sp³-hybridized carbons (Fsp3) is 1.00. The van der Waals surface area contributed by atoms with Gasteiger partial charge in [-0.15, -0.1) is 0 Å². The number of ether oxygens (including phenoxy) is 1. The van der Waals surface area contributed by atoms with Crippen LogP contribution in [0.15, 0.2) is 0 Å². The first-order valence-corrected chi connectivity index (χ1v) is 3.67. The van der Waals surface area contributed by atoms with Crippen molar-refractivity contribution in [2.45, 2.75) is 12.4 Å². The van der Waals surface area contributed by atoms with Crippen molar-refractivity contribution >= 4 is 0 Å². The summed E-state index contributed by atoms with van der Waals surface area (Å²) in [4.78, 5) is 0.425. The molecule has 0 aromatic rings. The van der Waals surface area contributed by atoms with E-state index in [-0.39, 0.29) is 26.2 Å². The number of rotatable bonds is 1. The number of halogens is 3. The van der Waals surface area contributed by atoms with Crippen LogP contribution in [-0.2, 0) is 4.74 Å². The summed E-state index contributed by atoms with van der Waals surface area (Å²) in [7, 11) is 0. The van der Waals surface area contributed by atoms with E-state index in [1.54, 1.807) is 0 Å². The summed E-state index contributed by atoms with van der Waals surface area (Å²) < 4.78 is 41.2. The average molecular weight is 184 g/mol. The van der Waals surface area contributed by atoms with E-state index in [4.69, 9.17) is 10.5 Å². The summed E-state index contributed by atoms with van der Waals surface area (Å²) in [5.74, 6) is 0. The van der Waals surface area contributed by atoms with Crippen LogP contribution in [0.25, 0.3) is 0 Å². The molecule has 1 rings (SSSR count). The Bertz CT molecular complexity index is 150. The molecule has 12 heavy (non-hydrogen) atoms. The summed E-state index contributed by atoms with van der Waals surface area (Å²) in [5, 5.41) is 0. The van der Waals surface area contributed by atoms with Gasteiger partial charge in [-0.3, -0.25) is 0 Å². The molecule has 1 heterocycles. The quantitative estimate of drug-likeness (QED) is 0.590. The molecule has 1 saturated heterocycles. The van der Waals surface area contributed by atoms with Crippen LogP contribution in [0.5, 0.6) is 0 Å². The van der Waals surface area contributed by atoms with Crippen molar-refractivity contribution < 1.29 is 17.9 Å². The molecule has 0 radical (unpaired) electrons. The Kier molecular flexibility index (Phi) is 2.92. The molecule has 1 unspecified atom stereocenters. The number of morpholine rings is 1. The van der Waals surface area contributed by atoms with Gasteiger partial charge < -0.3 is 10.5 Å². The summed E-state index contributed by atoms with van der Waals surface area (Å²) >= 11 is 0. The molecule has 2 N–H and O–H groups in total. The van der Waals surface area contributed by atoms with Crippen molar-refractivity contribution in [1.29, 1.82) is 0 Å².